The van der Waals surface area contributed by atoms with Gasteiger partial charge in [0.15, 0.2) is 0 Å². The van der Waals surface area contributed by atoms with Gasteiger partial charge in [0, 0.05) is 45.3 Å². The molecule has 0 aromatic rings. The molecule has 0 aromatic heterocycles. The molecule has 0 aromatic carbocycles. The molecule has 3 fully saturated rings. The van der Waals surface area contributed by atoms with E-state index in [1.807, 2.05) is 14.7 Å². The van der Waals surface area contributed by atoms with Crippen LogP contribution in [0, 0.1) is 0 Å². The Bertz CT molecular complexity index is 509. The number of carbonyl (C=O) groups is 2. The van der Waals surface area contributed by atoms with Crippen molar-refractivity contribution in [1.29, 1.82) is 0 Å². The van der Waals surface area contributed by atoms with Crippen LogP contribution in [0.4, 0.5) is 0 Å². The first-order valence-electron chi connectivity index (χ1n) is 6.05. The summed E-state index contributed by atoms with van der Waals surface area (Å²) in [6.45, 7) is 5.41. The standard InChI is InChI=1S/C12H13N3O2.Ca.2H/c16-9-7-8(13-1-2-13)12(17)11(15-5-6-15)10(9)14-3-4-14;;;/h7H,1-6H2;;;/q;+2;2*-1. The third-order valence-electron chi connectivity index (χ3n) is 3.49. The van der Waals surface area contributed by atoms with Crippen LogP contribution in [0.1, 0.15) is 2.85 Å². The van der Waals surface area contributed by atoms with Gasteiger partial charge in [-0.1, -0.05) is 0 Å². The molecule has 0 unspecified atom stereocenters. The fraction of sp³-hybridized carbons (Fsp3) is 0.500. The van der Waals surface area contributed by atoms with Crippen molar-refractivity contribution in [3.05, 3.63) is 23.2 Å². The first kappa shape index (κ1) is 12.5. The zero-order valence-electron chi connectivity index (χ0n) is 12.2. The first-order chi connectivity index (χ1) is 8.25. The summed E-state index contributed by atoms with van der Waals surface area (Å²) in [4.78, 5) is 30.5. The molecule has 92 valence electrons. The van der Waals surface area contributed by atoms with E-state index in [2.05, 4.69) is 0 Å². The summed E-state index contributed by atoms with van der Waals surface area (Å²) in [5, 5.41) is 0. The van der Waals surface area contributed by atoms with Crippen LogP contribution >= 0.6 is 0 Å². The molecule has 4 rings (SSSR count). The fourth-order valence-electron chi connectivity index (χ4n) is 2.28. The maximum absolute atomic E-state index is 12.4. The van der Waals surface area contributed by atoms with Crippen LogP contribution in [0.3, 0.4) is 0 Å². The van der Waals surface area contributed by atoms with E-state index in [9.17, 15) is 9.59 Å². The smallest absolute Gasteiger partial charge is 1.00 e. The second-order valence-electron chi connectivity index (χ2n) is 4.88. The van der Waals surface area contributed by atoms with Crippen molar-refractivity contribution in [1.82, 2.24) is 14.7 Å². The Balaban J connectivity index is 0.000000667. The average molecular weight is 273 g/mol. The number of Topliss-reactive ketones (excluding diaryl/α,β-unsaturated/α-hetero) is 1. The van der Waals surface area contributed by atoms with E-state index in [1.165, 1.54) is 6.08 Å². The third-order valence-corrected chi connectivity index (χ3v) is 3.49. The summed E-state index contributed by atoms with van der Waals surface area (Å²) in [5.74, 6) is 0.0485. The summed E-state index contributed by atoms with van der Waals surface area (Å²) in [5.41, 5.74) is 1.89. The van der Waals surface area contributed by atoms with Crippen molar-refractivity contribution in [2.75, 3.05) is 39.3 Å². The molecule has 0 N–H and O–H groups in total. The molecule has 3 saturated heterocycles. The number of nitrogens with zero attached hydrogens (tertiary/aromatic N) is 3. The quantitative estimate of drug-likeness (QED) is 0.376. The number of hydrogen-bond donors (Lipinski definition) is 0. The predicted octanol–water partition coefficient (Wildman–Crippen LogP) is -0.975. The molecule has 18 heavy (non-hydrogen) atoms. The molecule has 0 amide bonds. The largest absolute Gasteiger partial charge is 2.00 e. The van der Waals surface area contributed by atoms with Gasteiger partial charge >= 0.3 is 37.7 Å². The Kier molecular flexibility index (Phi) is 2.95. The number of rotatable bonds is 3. The molecule has 0 atom stereocenters. The number of ketones is 2. The van der Waals surface area contributed by atoms with E-state index in [0.717, 1.165) is 39.3 Å². The Labute approximate surface area is 138 Å². The van der Waals surface area contributed by atoms with Gasteiger partial charge in [-0.2, -0.15) is 0 Å². The number of carbonyl (C=O) groups excluding carboxylic acids is 2. The van der Waals surface area contributed by atoms with Gasteiger partial charge < -0.3 is 17.6 Å². The summed E-state index contributed by atoms with van der Waals surface area (Å²) in [6, 6.07) is 0. The molecule has 3 aliphatic heterocycles. The third kappa shape index (κ3) is 1.98. The van der Waals surface area contributed by atoms with Crippen LogP contribution in [-0.2, 0) is 9.59 Å². The summed E-state index contributed by atoms with van der Waals surface area (Å²) >= 11 is 0. The summed E-state index contributed by atoms with van der Waals surface area (Å²) < 4.78 is 0. The van der Waals surface area contributed by atoms with E-state index in [1.54, 1.807) is 0 Å². The Morgan fingerprint density at radius 3 is 1.83 bits per heavy atom. The molecular formula is C12H15CaN3O2. The van der Waals surface area contributed by atoms with Gasteiger partial charge in [-0.3, -0.25) is 9.59 Å². The minimum absolute atomic E-state index is 0. The van der Waals surface area contributed by atoms with E-state index >= 15 is 0 Å². The van der Waals surface area contributed by atoms with E-state index < -0.39 is 0 Å². The predicted molar refractivity (Wildman–Crippen MR) is 67.8 cm³/mol. The van der Waals surface area contributed by atoms with Gasteiger partial charge in [-0.25, -0.2) is 0 Å². The Hall–Kier alpha value is -0.520. The van der Waals surface area contributed by atoms with Gasteiger partial charge in [0.1, 0.15) is 11.4 Å². The van der Waals surface area contributed by atoms with Crippen molar-refractivity contribution in [3.63, 3.8) is 0 Å². The molecule has 5 nitrogen and oxygen atoms in total. The van der Waals surface area contributed by atoms with E-state index in [0.29, 0.717) is 17.1 Å². The van der Waals surface area contributed by atoms with Crippen molar-refractivity contribution in [2.45, 2.75) is 0 Å². The molecule has 4 aliphatic rings. The van der Waals surface area contributed by atoms with Gasteiger partial charge in [0.05, 0.1) is 5.70 Å². The van der Waals surface area contributed by atoms with Gasteiger partial charge in [0.25, 0.3) is 0 Å². The zero-order valence-corrected chi connectivity index (χ0v) is 12.4. The van der Waals surface area contributed by atoms with Crippen LogP contribution in [0.2, 0.25) is 0 Å². The monoisotopic (exact) mass is 273 g/mol. The van der Waals surface area contributed by atoms with Gasteiger partial charge in [-0.05, 0) is 0 Å². The van der Waals surface area contributed by atoms with Crippen LogP contribution < -0.4 is 0 Å². The SMILES string of the molecule is O=C1C=C(N2CC2)C(=O)C(N2CC2)=C1N1CC1.[Ca+2].[H-].[H-]. The topological polar surface area (TPSA) is 43.2 Å². The molecule has 1 aliphatic carbocycles. The maximum atomic E-state index is 12.4. The molecule has 3 heterocycles. The normalized spacial score (nSPS) is 25.1. The maximum Gasteiger partial charge on any atom is 2.00 e. The van der Waals surface area contributed by atoms with Crippen molar-refractivity contribution in [2.24, 2.45) is 0 Å². The minimum atomic E-state index is 0. The van der Waals surface area contributed by atoms with Crippen LogP contribution in [0.25, 0.3) is 0 Å². The molecule has 6 heteroatoms. The zero-order chi connectivity index (χ0) is 11.6. The number of hydrogen-bond acceptors (Lipinski definition) is 5. The first-order valence-corrected chi connectivity index (χ1v) is 6.05. The molecule has 0 saturated carbocycles. The van der Waals surface area contributed by atoms with Gasteiger partial charge in [-0.15, -0.1) is 0 Å². The minimum Gasteiger partial charge on any atom is -1.00 e. The second kappa shape index (κ2) is 4.25. The van der Waals surface area contributed by atoms with Crippen LogP contribution in [-0.4, -0.2) is 103 Å². The van der Waals surface area contributed by atoms with E-state index in [4.69, 9.17) is 0 Å². The summed E-state index contributed by atoms with van der Waals surface area (Å²) in [7, 11) is 0. The molecule has 0 spiro atoms. The van der Waals surface area contributed by atoms with Crippen LogP contribution in [0.5, 0.6) is 0 Å². The molecular weight excluding hydrogens is 258 g/mol. The summed E-state index contributed by atoms with van der Waals surface area (Å²) in [6.07, 6.45) is 1.52. The Morgan fingerprint density at radius 1 is 0.833 bits per heavy atom. The van der Waals surface area contributed by atoms with Gasteiger partial charge in [0.2, 0.25) is 11.6 Å². The average Bonchev–Trinajstić information content (AvgIpc) is 3.13. The van der Waals surface area contributed by atoms with Crippen LogP contribution in [0.15, 0.2) is 23.2 Å². The van der Waals surface area contributed by atoms with E-state index in [-0.39, 0.29) is 52.2 Å². The van der Waals surface area contributed by atoms with Crippen molar-refractivity contribution >= 4 is 49.3 Å². The molecule has 0 bridgehead atoms. The number of allylic oxidation sites excluding steroid dienone is 1. The van der Waals surface area contributed by atoms with Crippen molar-refractivity contribution in [3.8, 4) is 0 Å². The second-order valence-corrected chi connectivity index (χ2v) is 4.88. The fourth-order valence-corrected chi connectivity index (χ4v) is 2.28. The molecule has 0 radical (unpaired) electrons. The Morgan fingerprint density at radius 2 is 1.33 bits per heavy atom. The van der Waals surface area contributed by atoms with Crippen molar-refractivity contribution < 1.29 is 12.4 Å².